The Hall–Kier alpha value is -1.68. The minimum Gasteiger partial charge on any atom is -0.317 e. The number of nitrogens with zero attached hydrogens (tertiary/aromatic N) is 2. The van der Waals surface area contributed by atoms with E-state index in [1.807, 2.05) is 48.4 Å². The van der Waals surface area contributed by atoms with E-state index in [0.29, 0.717) is 17.4 Å². The summed E-state index contributed by atoms with van der Waals surface area (Å²) in [5.74, 6) is 0.0165. The van der Waals surface area contributed by atoms with Crippen molar-refractivity contribution in [2.75, 3.05) is 13.6 Å². The highest BCUT2D eigenvalue weighted by molar-refractivity contribution is 7.80. The van der Waals surface area contributed by atoms with E-state index in [9.17, 15) is 4.79 Å². The van der Waals surface area contributed by atoms with Crippen molar-refractivity contribution < 1.29 is 4.79 Å². The number of unbranched alkanes of at least 4 members (excludes halogenated alkanes) is 3. The second-order valence-electron chi connectivity index (χ2n) is 5.30. The van der Waals surface area contributed by atoms with Gasteiger partial charge in [-0.1, -0.05) is 56.5 Å². The predicted molar refractivity (Wildman–Crippen MR) is 90.6 cm³/mol. The summed E-state index contributed by atoms with van der Waals surface area (Å²) >= 11 is 5.40. The first-order chi connectivity index (χ1) is 10.1. The van der Waals surface area contributed by atoms with E-state index < -0.39 is 0 Å². The minimum atomic E-state index is 0.0165. The third-order valence-electron chi connectivity index (χ3n) is 3.68. The molecule has 112 valence electrons. The van der Waals surface area contributed by atoms with E-state index in [2.05, 4.69) is 6.92 Å². The number of likely N-dealkylation sites (N-methyl/N-ethyl adjacent to an activating group) is 1. The SMILES string of the molecule is CCCCCCN1C(=O)/C(=C/c2ccccc2)N(C)C1=S. The Labute approximate surface area is 132 Å². The van der Waals surface area contributed by atoms with Crippen LogP contribution < -0.4 is 0 Å². The monoisotopic (exact) mass is 302 g/mol. The van der Waals surface area contributed by atoms with Gasteiger partial charge in [0.15, 0.2) is 5.11 Å². The third-order valence-corrected chi connectivity index (χ3v) is 4.18. The molecule has 0 atom stereocenters. The Morgan fingerprint density at radius 3 is 2.52 bits per heavy atom. The normalized spacial score (nSPS) is 17.1. The Morgan fingerprint density at radius 1 is 1.14 bits per heavy atom. The smallest absolute Gasteiger partial charge is 0.276 e. The summed E-state index contributed by atoms with van der Waals surface area (Å²) in [5, 5.41) is 0.610. The first kappa shape index (κ1) is 15.7. The molecular weight excluding hydrogens is 280 g/mol. The average molecular weight is 302 g/mol. The standard InChI is InChI=1S/C17H22N2OS/c1-3-4-5-9-12-19-16(20)15(18(2)17(19)21)13-14-10-7-6-8-11-14/h6-8,10-11,13H,3-5,9,12H2,1-2H3/b15-13-. The molecule has 0 bridgehead atoms. The zero-order chi connectivity index (χ0) is 15.2. The van der Waals surface area contributed by atoms with Crippen LogP contribution >= 0.6 is 12.2 Å². The van der Waals surface area contributed by atoms with Gasteiger partial charge in [0, 0.05) is 13.6 Å². The molecule has 0 N–H and O–H groups in total. The Bertz CT molecular complexity index is 539. The quantitative estimate of drug-likeness (QED) is 0.455. The van der Waals surface area contributed by atoms with Gasteiger partial charge in [-0.15, -0.1) is 0 Å². The second kappa shape index (κ2) is 7.36. The van der Waals surface area contributed by atoms with Gasteiger partial charge in [0.25, 0.3) is 5.91 Å². The zero-order valence-corrected chi connectivity index (χ0v) is 13.5. The number of hydrogen-bond donors (Lipinski definition) is 0. The van der Waals surface area contributed by atoms with Gasteiger partial charge < -0.3 is 4.90 Å². The fourth-order valence-electron chi connectivity index (χ4n) is 2.41. The minimum absolute atomic E-state index is 0.0165. The molecule has 1 heterocycles. The van der Waals surface area contributed by atoms with Crippen LogP contribution in [-0.4, -0.2) is 34.4 Å². The predicted octanol–water partition coefficient (Wildman–Crippen LogP) is 3.67. The molecule has 1 fully saturated rings. The van der Waals surface area contributed by atoms with Gasteiger partial charge in [-0.2, -0.15) is 0 Å². The number of hydrogen-bond acceptors (Lipinski definition) is 2. The van der Waals surface area contributed by atoms with Gasteiger partial charge in [0.2, 0.25) is 0 Å². The van der Waals surface area contributed by atoms with Crippen LogP contribution in [0.3, 0.4) is 0 Å². The third kappa shape index (κ3) is 3.70. The molecule has 1 amide bonds. The maximum atomic E-state index is 12.5. The first-order valence-corrected chi connectivity index (χ1v) is 7.92. The Kier molecular flexibility index (Phi) is 5.51. The van der Waals surface area contributed by atoms with E-state index >= 15 is 0 Å². The summed E-state index contributed by atoms with van der Waals surface area (Å²) in [6.07, 6.45) is 6.45. The number of thiocarbonyl (C=S) groups is 1. The lowest BCUT2D eigenvalue weighted by Crippen LogP contribution is -2.32. The molecule has 4 heteroatoms. The molecule has 21 heavy (non-hydrogen) atoms. The summed E-state index contributed by atoms with van der Waals surface area (Å²) in [6.45, 7) is 2.90. The molecule has 1 aliphatic rings. The van der Waals surface area contributed by atoms with E-state index in [0.717, 1.165) is 18.4 Å². The van der Waals surface area contributed by atoms with Gasteiger partial charge in [0.05, 0.1) is 0 Å². The van der Waals surface area contributed by atoms with Crippen LogP contribution in [0.25, 0.3) is 6.08 Å². The molecule has 1 aromatic carbocycles. The highest BCUT2D eigenvalue weighted by Gasteiger charge is 2.34. The van der Waals surface area contributed by atoms with Crippen LogP contribution in [0.2, 0.25) is 0 Å². The lowest BCUT2D eigenvalue weighted by Gasteiger charge is -2.16. The molecule has 1 aliphatic heterocycles. The summed E-state index contributed by atoms with van der Waals surface area (Å²) in [4.78, 5) is 16.1. The van der Waals surface area contributed by atoms with Crippen LogP contribution in [0, 0.1) is 0 Å². The molecule has 0 spiro atoms. The van der Waals surface area contributed by atoms with Crippen molar-refractivity contribution in [1.29, 1.82) is 0 Å². The molecule has 1 aromatic rings. The number of rotatable bonds is 6. The lowest BCUT2D eigenvalue weighted by atomic mass is 10.2. The molecule has 1 saturated heterocycles. The molecule has 0 aliphatic carbocycles. The second-order valence-corrected chi connectivity index (χ2v) is 5.66. The first-order valence-electron chi connectivity index (χ1n) is 7.51. The largest absolute Gasteiger partial charge is 0.317 e. The van der Waals surface area contributed by atoms with Crippen LogP contribution in [0.4, 0.5) is 0 Å². The van der Waals surface area contributed by atoms with Gasteiger partial charge in [-0.25, -0.2) is 0 Å². The highest BCUT2D eigenvalue weighted by Crippen LogP contribution is 2.22. The molecular formula is C17H22N2OS. The molecule has 0 unspecified atom stereocenters. The number of benzene rings is 1. The molecule has 0 saturated carbocycles. The Morgan fingerprint density at radius 2 is 1.86 bits per heavy atom. The molecule has 0 aromatic heterocycles. The van der Waals surface area contributed by atoms with Crippen molar-refractivity contribution in [1.82, 2.24) is 9.80 Å². The maximum absolute atomic E-state index is 12.5. The van der Waals surface area contributed by atoms with Crippen molar-refractivity contribution in [2.45, 2.75) is 32.6 Å². The van der Waals surface area contributed by atoms with Crippen LogP contribution in [-0.2, 0) is 4.79 Å². The number of carbonyl (C=O) groups excluding carboxylic acids is 1. The van der Waals surface area contributed by atoms with Crippen molar-refractivity contribution >= 4 is 29.3 Å². The summed E-state index contributed by atoms with van der Waals surface area (Å²) in [5.41, 5.74) is 1.67. The van der Waals surface area contributed by atoms with Gasteiger partial charge >= 0.3 is 0 Å². The van der Waals surface area contributed by atoms with Crippen molar-refractivity contribution in [3.05, 3.63) is 41.6 Å². The van der Waals surface area contributed by atoms with Gasteiger partial charge in [-0.05, 0) is 30.3 Å². The topological polar surface area (TPSA) is 23.6 Å². The van der Waals surface area contributed by atoms with Crippen molar-refractivity contribution in [3.63, 3.8) is 0 Å². The van der Waals surface area contributed by atoms with Crippen molar-refractivity contribution in [2.24, 2.45) is 0 Å². The molecule has 3 nitrogen and oxygen atoms in total. The molecule has 0 radical (unpaired) electrons. The highest BCUT2D eigenvalue weighted by atomic mass is 32.1. The fraction of sp³-hybridized carbons (Fsp3) is 0.412. The average Bonchev–Trinajstić information content (AvgIpc) is 2.70. The lowest BCUT2D eigenvalue weighted by molar-refractivity contribution is -0.122. The number of carbonyl (C=O) groups is 1. The summed E-state index contributed by atoms with van der Waals surface area (Å²) in [7, 11) is 1.86. The van der Waals surface area contributed by atoms with E-state index in [-0.39, 0.29) is 5.91 Å². The van der Waals surface area contributed by atoms with E-state index in [4.69, 9.17) is 12.2 Å². The van der Waals surface area contributed by atoms with E-state index in [1.165, 1.54) is 12.8 Å². The summed E-state index contributed by atoms with van der Waals surface area (Å²) in [6, 6.07) is 9.87. The summed E-state index contributed by atoms with van der Waals surface area (Å²) < 4.78 is 0. The van der Waals surface area contributed by atoms with Crippen LogP contribution in [0.5, 0.6) is 0 Å². The van der Waals surface area contributed by atoms with E-state index in [1.54, 1.807) is 4.90 Å². The van der Waals surface area contributed by atoms with Gasteiger partial charge in [0.1, 0.15) is 5.70 Å². The van der Waals surface area contributed by atoms with Crippen LogP contribution in [0.15, 0.2) is 36.0 Å². The number of amides is 1. The van der Waals surface area contributed by atoms with Gasteiger partial charge in [-0.3, -0.25) is 9.69 Å². The fourth-order valence-corrected chi connectivity index (χ4v) is 2.68. The van der Waals surface area contributed by atoms with Crippen LogP contribution in [0.1, 0.15) is 38.2 Å². The maximum Gasteiger partial charge on any atom is 0.276 e. The molecule has 2 rings (SSSR count). The Balaban J connectivity index is 2.09. The van der Waals surface area contributed by atoms with Crippen molar-refractivity contribution in [3.8, 4) is 0 Å². The zero-order valence-electron chi connectivity index (χ0n) is 12.7.